The molecule has 3 N–H and O–H groups in total. The fraction of sp³-hybridized carbons (Fsp3) is 0.333. The Morgan fingerprint density at radius 3 is 2.35 bits per heavy atom. The molecule has 1 saturated carbocycles. The minimum atomic E-state index is -0.271. The molecular formula is C15H16N2O3. The van der Waals surface area contributed by atoms with Crippen molar-refractivity contribution in [3.8, 4) is 23.0 Å². The maximum atomic E-state index is 12.2. The molecule has 5 heteroatoms. The first-order valence-electron chi connectivity index (χ1n) is 6.78. The smallest absolute Gasteiger partial charge is 0.258 e. The highest BCUT2D eigenvalue weighted by Crippen LogP contribution is 2.35. The summed E-state index contributed by atoms with van der Waals surface area (Å²) in [6.07, 6.45) is 4.03. The lowest BCUT2D eigenvalue weighted by molar-refractivity contribution is 0.436. The van der Waals surface area contributed by atoms with E-state index in [2.05, 4.69) is 9.97 Å². The average molecular weight is 272 g/mol. The van der Waals surface area contributed by atoms with E-state index in [1.165, 1.54) is 12.1 Å². The van der Waals surface area contributed by atoms with Gasteiger partial charge in [0, 0.05) is 5.56 Å². The molecule has 1 aromatic carbocycles. The van der Waals surface area contributed by atoms with Crippen molar-refractivity contribution in [1.29, 1.82) is 0 Å². The van der Waals surface area contributed by atoms with E-state index in [0.29, 0.717) is 17.0 Å². The molecule has 0 atom stereocenters. The number of benzene rings is 1. The second-order valence-electron chi connectivity index (χ2n) is 5.18. The van der Waals surface area contributed by atoms with Gasteiger partial charge in [-0.15, -0.1) is 0 Å². The molecule has 1 aromatic heterocycles. The van der Waals surface area contributed by atoms with Gasteiger partial charge in [-0.05, 0) is 43.0 Å². The highest BCUT2D eigenvalue weighted by molar-refractivity contribution is 5.56. The second kappa shape index (κ2) is 5.00. The molecular weight excluding hydrogens is 256 g/mol. The van der Waals surface area contributed by atoms with Gasteiger partial charge in [0.2, 0.25) is 5.88 Å². The molecule has 5 nitrogen and oxygen atoms in total. The summed E-state index contributed by atoms with van der Waals surface area (Å²) in [5.74, 6) is 0.390. The summed E-state index contributed by atoms with van der Waals surface area (Å²) in [7, 11) is 0. The van der Waals surface area contributed by atoms with E-state index in [4.69, 9.17) is 0 Å². The Balaban J connectivity index is 2.03. The van der Waals surface area contributed by atoms with Crippen molar-refractivity contribution in [2.45, 2.75) is 31.6 Å². The van der Waals surface area contributed by atoms with Crippen molar-refractivity contribution in [3.05, 3.63) is 40.2 Å². The molecule has 1 heterocycles. The van der Waals surface area contributed by atoms with Crippen LogP contribution in [0.2, 0.25) is 0 Å². The summed E-state index contributed by atoms with van der Waals surface area (Å²) < 4.78 is 0. The van der Waals surface area contributed by atoms with Crippen molar-refractivity contribution in [2.75, 3.05) is 0 Å². The first-order valence-corrected chi connectivity index (χ1v) is 6.78. The Labute approximate surface area is 115 Å². The predicted molar refractivity (Wildman–Crippen MR) is 74.8 cm³/mol. The van der Waals surface area contributed by atoms with Crippen molar-refractivity contribution in [1.82, 2.24) is 9.97 Å². The Bertz CT molecular complexity index is 671. The van der Waals surface area contributed by atoms with Crippen molar-refractivity contribution < 1.29 is 10.2 Å². The lowest BCUT2D eigenvalue weighted by atomic mass is 10.00. The summed E-state index contributed by atoms with van der Waals surface area (Å²) in [5, 5.41) is 19.3. The van der Waals surface area contributed by atoms with Gasteiger partial charge in [0.15, 0.2) is 0 Å². The summed E-state index contributed by atoms with van der Waals surface area (Å²) in [5.41, 5.74) is 0.783. The lowest BCUT2D eigenvalue weighted by Crippen LogP contribution is -2.17. The van der Waals surface area contributed by atoms with Gasteiger partial charge in [-0.2, -0.15) is 4.98 Å². The van der Waals surface area contributed by atoms with Crippen LogP contribution < -0.4 is 5.56 Å². The molecule has 0 radical (unpaired) electrons. The number of rotatable bonds is 2. The maximum Gasteiger partial charge on any atom is 0.258 e. The van der Waals surface area contributed by atoms with Gasteiger partial charge in [-0.1, -0.05) is 12.8 Å². The van der Waals surface area contributed by atoms with Gasteiger partial charge in [0.1, 0.15) is 11.6 Å². The van der Waals surface area contributed by atoms with Crippen LogP contribution >= 0.6 is 0 Å². The van der Waals surface area contributed by atoms with E-state index >= 15 is 0 Å². The number of hydrogen-bond donors (Lipinski definition) is 3. The normalized spacial score (nSPS) is 15.6. The molecule has 0 spiro atoms. The molecule has 1 aliphatic rings. The number of nitrogens with one attached hydrogen (secondary N) is 1. The van der Waals surface area contributed by atoms with Crippen molar-refractivity contribution in [3.63, 3.8) is 0 Å². The number of H-pyrrole nitrogens is 1. The summed E-state index contributed by atoms with van der Waals surface area (Å²) in [4.78, 5) is 19.0. The van der Waals surface area contributed by atoms with Crippen LogP contribution in [0.5, 0.6) is 11.6 Å². The third-order valence-electron chi connectivity index (χ3n) is 3.84. The molecule has 0 aliphatic heterocycles. The van der Waals surface area contributed by atoms with E-state index in [1.807, 2.05) is 0 Å². The number of aromatic nitrogens is 2. The SMILES string of the molecule is O=c1[nH]c(-c2ccc(O)cc2)nc(O)c1C1CCCC1. The molecule has 1 aliphatic carbocycles. The maximum absolute atomic E-state index is 12.2. The quantitative estimate of drug-likeness (QED) is 0.784. The largest absolute Gasteiger partial charge is 0.508 e. The van der Waals surface area contributed by atoms with Crippen LogP contribution in [0, 0.1) is 0 Å². The highest BCUT2D eigenvalue weighted by Gasteiger charge is 2.24. The molecule has 0 unspecified atom stereocenters. The Morgan fingerprint density at radius 2 is 1.75 bits per heavy atom. The molecule has 3 rings (SSSR count). The predicted octanol–water partition coefficient (Wildman–Crippen LogP) is 2.51. The minimum absolute atomic E-state index is 0.111. The summed E-state index contributed by atoms with van der Waals surface area (Å²) in [6, 6.07) is 6.30. The van der Waals surface area contributed by atoms with Crippen LogP contribution in [0.1, 0.15) is 37.2 Å². The van der Waals surface area contributed by atoms with Crippen LogP contribution in [0.4, 0.5) is 0 Å². The standard InChI is InChI=1S/C15H16N2O3/c18-11-7-5-10(6-8-11)13-16-14(19)12(15(20)17-13)9-3-1-2-4-9/h5-9,18H,1-4H2,(H2,16,17,19,20). The monoisotopic (exact) mass is 272 g/mol. The minimum Gasteiger partial charge on any atom is -0.508 e. The Hall–Kier alpha value is -2.30. The number of phenols is 1. The molecule has 2 aromatic rings. The molecule has 104 valence electrons. The lowest BCUT2D eigenvalue weighted by Gasteiger charge is -2.11. The number of phenolic OH excluding ortho intramolecular Hbond substituents is 1. The van der Waals surface area contributed by atoms with E-state index in [-0.39, 0.29) is 23.1 Å². The number of aromatic amines is 1. The van der Waals surface area contributed by atoms with Gasteiger partial charge >= 0.3 is 0 Å². The third-order valence-corrected chi connectivity index (χ3v) is 3.84. The zero-order chi connectivity index (χ0) is 14.1. The summed E-state index contributed by atoms with van der Waals surface area (Å²) in [6.45, 7) is 0. The average Bonchev–Trinajstić information content (AvgIpc) is 2.92. The van der Waals surface area contributed by atoms with Gasteiger partial charge in [-0.3, -0.25) is 4.79 Å². The number of nitrogens with zero attached hydrogens (tertiary/aromatic N) is 1. The third kappa shape index (κ3) is 2.27. The first-order chi connectivity index (χ1) is 9.65. The zero-order valence-electron chi connectivity index (χ0n) is 11.0. The Morgan fingerprint density at radius 1 is 1.10 bits per heavy atom. The van der Waals surface area contributed by atoms with E-state index in [9.17, 15) is 15.0 Å². The van der Waals surface area contributed by atoms with Crippen molar-refractivity contribution in [2.24, 2.45) is 0 Å². The molecule has 20 heavy (non-hydrogen) atoms. The van der Waals surface area contributed by atoms with E-state index < -0.39 is 0 Å². The van der Waals surface area contributed by atoms with Crippen molar-refractivity contribution >= 4 is 0 Å². The fourth-order valence-corrected chi connectivity index (χ4v) is 2.81. The molecule has 1 fully saturated rings. The van der Waals surface area contributed by atoms with Crippen LogP contribution in [0.3, 0.4) is 0 Å². The first kappa shape index (κ1) is 12.7. The van der Waals surface area contributed by atoms with E-state index in [1.54, 1.807) is 12.1 Å². The second-order valence-corrected chi connectivity index (χ2v) is 5.18. The van der Waals surface area contributed by atoms with Crippen LogP contribution in [-0.4, -0.2) is 20.2 Å². The van der Waals surface area contributed by atoms with Crippen LogP contribution in [-0.2, 0) is 0 Å². The van der Waals surface area contributed by atoms with E-state index in [0.717, 1.165) is 25.7 Å². The molecule has 0 amide bonds. The zero-order valence-corrected chi connectivity index (χ0v) is 11.0. The Kier molecular flexibility index (Phi) is 3.18. The fourth-order valence-electron chi connectivity index (χ4n) is 2.81. The van der Waals surface area contributed by atoms with Gasteiger partial charge < -0.3 is 15.2 Å². The van der Waals surface area contributed by atoms with Crippen LogP contribution in [0.15, 0.2) is 29.1 Å². The molecule has 0 bridgehead atoms. The van der Waals surface area contributed by atoms with Crippen LogP contribution in [0.25, 0.3) is 11.4 Å². The number of aromatic hydroxyl groups is 2. The highest BCUT2D eigenvalue weighted by atomic mass is 16.3. The summed E-state index contributed by atoms with van der Waals surface area (Å²) >= 11 is 0. The number of hydrogen-bond acceptors (Lipinski definition) is 4. The van der Waals surface area contributed by atoms with Gasteiger partial charge in [0.05, 0.1) is 5.56 Å². The van der Waals surface area contributed by atoms with Gasteiger partial charge in [0.25, 0.3) is 5.56 Å². The van der Waals surface area contributed by atoms with Gasteiger partial charge in [-0.25, -0.2) is 0 Å². The molecule has 0 saturated heterocycles. The topological polar surface area (TPSA) is 86.2 Å².